The van der Waals surface area contributed by atoms with Crippen molar-refractivity contribution < 1.29 is 9.90 Å². The normalized spacial score (nSPS) is 11.8. The summed E-state index contributed by atoms with van der Waals surface area (Å²) in [5, 5.41) is 12.5. The minimum Gasteiger partial charge on any atom is -0.389 e. The van der Waals surface area contributed by atoms with E-state index >= 15 is 0 Å². The van der Waals surface area contributed by atoms with Crippen LogP contribution in [0.15, 0.2) is 78.9 Å². The molecule has 1 amide bonds. The van der Waals surface area contributed by atoms with Crippen molar-refractivity contribution in [2.24, 2.45) is 0 Å². The van der Waals surface area contributed by atoms with Gasteiger partial charge in [0.05, 0.1) is 6.10 Å². The second-order valence-electron chi connectivity index (χ2n) is 5.70. The van der Waals surface area contributed by atoms with Crippen molar-refractivity contribution in [3.8, 4) is 11.1 Å². The summed E-state index contributed by atoms with van der Waals surface area (Å²) in [5.41, 5.74) is 4.23. The van der Waals surface area contributed by atoms with E-state index < -0.39 is 6.10 Å². The highest BCUT2D eigenvalue weighted by Crippen LogP contribution is 2.21. The smallest absolute Gasteiger partial charge is 0.255 e. The monoisotopic (exact) mass is 317 g/mol. The van der Waals surface area contributed by atoms with Crippen molar-refractivity contribution in [2.45, 2.75) is 13.0 Å². The maximum Gasteiger partial charge on any atom is 0.255 e. The number of rotatable bonds is 4. The number of amides is 1. The highest BCUT2D eigenvalue weighted by molar-refractivity contribution is 6.04. The molecule has 0 aliphatic heterocycles. The van der Waals surface area contributed by atoms with E-state index in [4.69, 9.17) is 0 Å². The lowest BCUT2D eigenvalue weighted by atomic mass is 10.0. The van der Waals surface area contributed by atoms with Gasteiger partial charge in [-0.2, -0.15) is 0 Å². The van der Waals surface area contributed by atoms with Crippen LogP contribution in [0.1, 0.15) is 28.9 Å². The number of carbonyl (C=O) groups excluding carboxylic acids is 1. The van der Waals surface area contributed by atoms with Gasteiger partial charge in [-0.15, -0.1) is 0 Å². The molecule has 0 aliphatic rings. The minimum atomic E-state index is -0.563. The Morgan fingerprint density at radius 2 is 1.54 bits per heavy atom. The molecule has 3 aromatic rings. The van der Waals surface area contributed by atoms with Gasteiger partial charge in [0.25, 0.3) is 5.91 Å². The van der Waals surface area contributed by atoms with Gasteiger partial charge < -0.3 is 10.4 Å². The summed E-state index contributed by atoms with van der Waals surface area (Å²) in [5.74, 6) is -0.169. The number of aliphatic hydroxyl groups excluding tert-OH is 1. The Balaban J connectivity index is 1.75. The van der Waals surface area contributed by atoms with Gasteiger partial charge in [-0.25, -0.2) is 0 Å². The number of hydrogen-bond acceptors (Lipinski definition) is 2. The molecule has 2 N–H and O–H groups in total. The zero-order chi connectivity index (χ0) is 16.9. The third-order valence-corrected chi connectivity index (χ3v) is 3.88. The molecule has 0 fully saturated rings. The van der Waals surface area contributed by atoms with Crippen LogP contribution in [0.3, 0.4) is 0 Å². The molecule has 1 atom stereocenters. The summed E-state index contributed by atoms with van der Waals surface area (Å²) < 4.78 is 0. The summed E-state index contributed by atoms with van der Waals surface area (Å²) in [6, 6.07) is 24.8. The molecule has 0 aromatic heterocycles. The Kier molecular flexibility index (Phi) is 4.73. The third-order valence-electron chi connectivity index (χ3n) is 3.88. The van der Waals surface area contributed by atoms with Gasteiger partial charge in [0, 0.05) is 11.3 Å². The van der Waals surface area contributed by atoms with Crippen LogP contribution in [-0.2, 0) is 0 Å². The van der Waals surface area contributed by atoms with Gasteiger partial charge in [-0.1, -0.05) is 54.6 Å². The number of anilines is 1. The maximum atomic E-state index is 12.4. The van der Waals surface area contributed by atoms with Crippen molar-refractivity contribution in [1.29, 1.82) is 0 Å². The van der Waals surface area contributed by atoms with Crippen LogP contribution < -0.4 is 5.32 Å². The molecule has 3 heteroatoms. The summed E-state index contributed by atoms with van der Waals surface area (Å²) >= 11 is 0. The number of benzene rings is 3. The first-order valence-corrected chi connectivity index (χ1v) is 7.88. The lowest BCUT2D eigenvalue weighted by molar-refractivity contribution is 0.102. The molecular formula is C21H19NO2. The number of carbonyl (C=O) groups is 1. The predicted octanol–water partition coefficient (Wildman–Crippen LogP) is 4.66. The summed E-state index contributed by atoms with van der Waals surface area (Å²) in [4.78, 5) is 12.4. The molecule has 0 saturated carbocycles. The number of aliphatic hydroxyl groups is 1. The van der Waals surface area contributed by atoms with Crippen LogP contribution in [0.4, 0.5) is 5.69 Å². The number of hydrogen-bond donors (Lipinski definition) is 2. The van der Waals surface area contributed by atoms with E-state index in [2.05, 4.69) is 5.32 Å². The molecule has 0 unspecified atom stereocenters. The third kappa shape index (κ3) is 3.70. The van der Waals surface area contributed by atoms with Gasteiger partial charge in [-0.3, -0.25) is 4.79 Å². The van der Waals surface area contributed by atoms with Crippen LogP contribution in [0.2, 0.25) is 0 Å². The lowest BCUT2D eigenvalue weighted by Crippen LogP contribution is -2.12. The van der Waals surface area contributed by atoms with Gasteiger partial charge in [0.1, 0.15) is 0 Å². The first-order chi connectivity index (χ1) is 11.6. The predicted molar refractivity (Wildman–Crippen MR) is 96.9 cm³/mol. The first kappa shape index (κ1) is 16.0. The fraction of sp³-hybridized carbons (Fsp3) is 0.0952. The largest absolute Gasteiger partial charge is 0.389 e. The Bertz CT molecular complexity index is 824. The van der Waals surface area contributed by atoms with E-state index in [-0.39, 0.29) is 5.91 Å². The van der Waals surface area contributed by atoms with Gasteiger partial charge in [-0.05, 0) is 47.9 Å². The van der Waals surface area contributed by atoms with E-state index in [9.17, 15) is 9.90 Å². The number of nitrogens with one attached hydrogen (secondary N) is 1. The van der Waals surface area contributed by atoms with Gasteiger partial charge in [0.15, 0.2) is 0 Å². The molecule has 0 heterocycles. The quantitative estimate of drug-likeness (QED) is 0.735. The van der Waals surface area contributed by atoms with Crippen LogP contribution in [0.5, 0.6) is 0 Å². The molecule has 0 aliphatic carbocycles. The summed E-state index contributed by atoms with van der Waals surface area (Å²) in [6.07, 6.45) is -0.563. The summed E-state index contributed by atoms with van der Waals surface area (Å²) in [6.45, 7) is 1.70. The highest BCUT2D eigenvalue weighted by atomic mass is 16.3. The molecule has 3 nitrogen and oxygen atoms in total. The molecule has 3 aromatic carbocycles. The Hall–Kier alpha value is -2.91. The van der Waals surface area contributed by atoms with Crippen molar-refractivity contribution in [2.75, 3.05) is 5.32 Å². The van der Waals surface area contributed by atoms with Crippen molar-refractivity contribution >= 4 is 11.6 Å². The Morgan fingerprint density at radius 3 is 2.21 bits per heavy atom. The van der Waals surface area contributed by atoms with E-state index in [1.165, 1.54) is 0 Å². The fourth-order valence-corrected chi connectivity index (χ4v) is 2.52. The molecular weight excluding hydrogens is 298 g/mol. The second kappa shape index (κ2) is 7.11. The highest BCUT2D eigenvalue weighted by Gasteiger charge is 2.08. The maximum absolute atomic E-state index is 12.4. The van der Waals surface area contributed by atoms with E-state index in [0.717, 1.165) is 16.7 Å². The minimum absolute atomic E-state index is 0.169. The Morgan fingerprint density at radius 1 is 0.875 bits per heavy atom. The molecule has 0 bridgehead atoms. The van der Waals surface area contributed by atoms with E-state index in [1.54, 1.807) is 13.0 Å². The fourth-order valence-electron chi connectivity index (χ4n) is 2.52. The SMILES string of the molecule is C[C@H](O)c1cccc(NC(=O)c2ccc(-c3ccccc3)cc2)c1. The van der Waals surface area contributed by atoms with Crippen molar-refractivity contribution in [3.63, 3.8) is 0 Å². The molecule has 0 spiro atoms. The van der Waals surface area contributed by atoms with Crippen LogP contribution in [0, 0.1) is 0 Å². The molecule has 0 radical (unpaired) electrons. The first-order valence-electron chi connectivity index (χ1n) is 7.88. The Labute approximate surface area is 141 Å². The zero-order valence-electron chi connectivity index (χ0n) is 13.4. The van der Waals surface area contributed by atoms with Crippen molar-refractivity contribution in [3.05, 3.63) is 90.0 Å². The molecule has 3 rings (SSSR count). The lowest BCUT2D eigenvalue weighted by Gasteiger charge is -2.09. The van der Waals surface area contributed by atoms with Crippen molar-refractivity contribution in [1.82, 2.24) is 0 Å². The standard InChI is InChI=1S/C21H19NO2/c1-15(23)19-8-5-9-20(14-19)22-21(24)18-12-10-17(11-13-18)16-6-3-2-4-7-16/h2-15,23H,1H3,(H,22,24)/t15-/m0/s1. The average molecular weight is 317 g/mol. The van der Waals surface area contributed by atoms with Crippen LogP contribution >= 0.6 is 0 Å². The van der Waals surface area contributed by atoms with Crippen LogP contribution in [-0.4, -0.2) is 11.0 Å². The van der Waals surface area contributed by atoms with E-state index in [1.807, 2.05) is 72.8 Å². The topological polar surface area (TPSA) is 49.3 Å². The zero-order valence-corrected chi connectivity index (χ0v) is 13.4. The van der Waals surface area contributed by atoms with Gasteiger partial charge in [0.2, 0.25) is 0 Å². The van der Waals surface area contributed by atoms with Gasteiger partial charge >= 0.3 is 0 Å². The molecule has 24 heavy (non-hydrogen) atoms. The molecule has 0 saturated heterocycles. The average Bonchev–Trinajstić information content (AvgIpc) is 2.63. The summed E-state index contributed by atoms with van der Waals surface area (Å²) in [7, 11) is 0. The second-order valence-corrected chi connectivity index (χ2v) is 5.70. The van der Waals surface area contributed by atoms with E-state index in [0.29, 0.717) is 11.3 Å². The molecule has 120 valence electrons. The van der Waals surface area contributed by atoms with Crippen LogP contribution in [0.25, 0.3) is 11.1 Å².